The van der Waals surface area contributed by atoms with Gasteiger partial charge in [-0.05, 0) is 27.0 Å². The first-order valence-electron chi connectivity index (χ1n) is 5.72. The fourth-order valence-electron chi connectivity index (χ4n) is 1.53. The van der Waals surface area contributed by atoms with Crippen molar-refractivity contribution in [2.24, 2.45) is 0 Å². The van der Waals surface area contributed by atoms with Crippen LogP contribution in [0.2, 0.25) is 0 Å². The Kier molecular flexibility index (Phi) is 5.90. The minimum atomic E-state index is 0.605. The number of hydrogen-bond donors (Lipinski definition) is 1. The molecule has 0 saturated heterocycles. The monoisotopic (exact) mass is 223 g/mol. The van der Waals surface area contributed by atoms with E-state index in [4.69, 9.17) is 9.47 Å². The third-order valence-corrected chi connectivity index (χ3v) is 2.27. The van der Waals surface area contributed by atoms with E-state index in [1.54, 1.807) is 0 Å². The summed E-state index contributed by atoms with van der Waals surface area (Å²) in [5.74, 6) is 0.944. The van der Waals surface area contributed by atoms with Gasteiger partial charge in [-0.15, -0.1) is 0 Å². The highest BCUT2D eigenvalue weighted by Gasteiger charge is 2.02. The quantitative estimate of drug-likeness (QED) is 0.718. The zero-order valence-electron chi connectivity index (χ0n) is 10.4. The van der Waals surface area contributed by atoms with Gasteiger partial charge in [-0.1, -0.05) is 17.7 Å². The second-order valence-corrected chi connectivity index (χ2v) is 3.69. The predicted octanol–water partition coefficient (Wildman–Crippen LogP) is 2.13. The molecule has 0 aromatic heterocycles. The fourth-order valence-corrected chi connectivity index (χ4v) is 1.53. The van der Waals surface area contributed by atoms with Gasteiger partial charge in [0.1, 0.15) is 12.4 Å². The number of ether oxygens (including phenoxy) is 2. The molecule has 0 aliphatic rings. The van der Waals surface area contributed by atoms with Gasteiger partial charge < -0.3 is 14.8 Å². The van der Waals surface area contributed by atoms with Crippen LogP contribution in [0.5, 0.6) is 5.75 Å². The lowest BCUT2D eigenvalue weighted by Gasteiger charge is -2.12. The lowest BCUT2D eigenvalue weighted by molar-refractivity contribution is 0.110. The van der Waals surface area contributed by atoms with Crippen LogP contribution in [-0.2, 0) is 11.3 Å². The minimum absolute atomic E-state index is 0.605. The Balaban J connectivity index is 2.56. The predicted molar refractivity (Wildman–Crippen MR) is 65.9 cm³/mol. The van der Waals surface area contributed by atoms with Crippen molar-refractivity contribution in [1.82, 2.24) is 5.32 Å². The second kappa shape index (κ2) is 7.25. The molecule has 0 bridgehead atoms. The van der Waals surface area contributed by atoms with Crippen molar-refractivity contribution in [2.45, 2.75) is 20.4 Å². The van der Waals surface area contributed by atoms with E-state index >= 15 is 0 Å². The van der Waals surface area contributed by atoms with Crippen LogP contribution >= 0.6 is 0 Å². The molecule has 1 rings (SSSR count). The Labute approximate surface area is 97.8 Å². The van der Waals surface area contributed by atoms with E-state index in [2.05, 4.69) is 24.4 Å². The van der Waals surface area contributed by atoms with Crippen LogP contribution in [0.4, 0.5) is 0 Å². The second-order valence-electron chi connectivity index (χ2n) is 3.69. The van der Waals surface area contributed by atoms with Gasteiger partial charge in [0.25, 0.3) is 0 Å². The van der Waals surface area contributed by atoms with E-state index in [0.717, 1.165) is 18.9 Å². The Bertz CT molecular complexity index is 313. The summed E-state index contributed by atoms with van der Waals surface area (Å²) in [7, 11) is 1.94. The summed E-state index contributed by atoms with van der Waals surface area (Å²) < 4.78 is 10.9. The fraction of sp³-hybridized carbons (Fsp3) is 0.538. The van der Waals surface area contributed by atoms with Crippen LogP contribution in [0.25, 0.3) is 0 Å². The molecular weight excluding hydrogens is 202 g/mol. The summed E-state index contributed by atoms with van der Waals surface area (Å²) in [5.41, 5.74) is 2.45. The number of nitrogens with one attached hydrogen (secondary N) is 1. The summed E-state index contributed by atoms with van der Waals surface area (Å²) in [6, 6.07) is 6.23. The standard InChI is InChI=1S/C13H21NO2/c1-4-15-7-8-16-13-6-5-11(2)9-12(13)10-14-3/h5-6,9,14H,4,7-8,10H2,1-3H3. The normalized spacial score (nSPS) is 10.4. The molecule has 0 amide bonds. The molecular formula is C13H21NO2. The molecule has 0 fully saturated rings. The van der Waals surface area contributed by atoms with Gasteiger partial charge in [-0.25, -0.2) is 0 Å². The van der Waals surface area contributed by atoms with E-state index in [0.29, 0.717) is 13.2 Å². The van der Waals surface area contributed by atoms with Crippen molar-refractivity contribution < 1.29 is 9.47 Å². The molecule has 0 aliphatic carbocycles. The summed E-state index contributed by atoms with van der Waals surface area (Å²) in [5, 5.41) is 3.14. The number of benzene rings is 1. The molecule has 0 spiro atoms. The van der Waals surface area contributed by atoms with Gasteiger partial charge >= 0.3 is 0 Å². The Morgan fingerprint density at radius 1 is 1.25 bits per heavy atom. The van der Waals surface area contributed by atoms with E-state index < -0.39 is 0 Å². The minimum Gasteiger partial charge on any atom is -0.491 e. The van der Waals surface area contributed by atoms with Crippen molar-refractivity contribution in [1.29, 1.82) is 0 Å². The van der Waals surface area contributed by atoms with E-state index in [1.165, 1.54) is 11.1 Å². The molecule has 0 aliphatic heterocycles. The van der Waals surface area contributed by atoms with E-state index in [1.807, 2.05) is 20.0 Å². The molecule has 0 unspecified atom stereocenters. The van der Waals surface area contributed by atoms with Gasteiger partial charge in [0, 0.05) is 18.7 Å². The molecule has 1 aromatic rings. The van der Waals surface area contributed by atoms with Gasteiger partial charge in [0.05, 0.1) is 6.61 Å². The third-order valence-electron chi connectivity index (χ3n) is 2.27. The number of rotatable bonds is 7. The Morgan fingerprint density at radius 3 is 2.75 bits per heavy atom. The van der Waals surface area contributed by atoms with Crippen LogP contribution in [-0.4, -0.2) is 26.9 Å². The van der Waals surface area contributed by atoms with E-state index in [9.17, 15) is 0 Å². The Hall–Kier alpha value is -1.06. The molecule has 0 heterocycles. The van der Waals surface area contributed by atoms with Crippen LogP contribution in [0.3, 0.4) is 0 Å². The highest BCUT2D eigenvalue weighted by Crippen LogP contribution is 2.19. The molecule has 3 nitrogen and oxygen atoms in total. The first-order chi connectivity index (χ1) is 7.77. The number of hydrogen-bond acceptors (Lipinski definition) is 3. The molecule has 16 heavy (non-hydrogen) atoms. The van der Waals surface area contributed by atoms with Crippen LogP contribution < -0.4 is 10.1 Å². The lowest BCUT2D eigenvalue weighted by Crippen LogP contribution is -2.11. The molecule has 3 heteroatoms. The van der Waals surface area contributed by atoms with Crippen LogP contribution in [0, 0.1) is 6.92 Å². The summed E-state index contributed by atoms with van der Waals surface area (Å²) in [4.78, 5) is 0. The average Bonchev–Trinajstić information content (AvgIpc) is 2.27. The van der Waals surface area contributed by atoms with Gasteiger partial charge in [-0.3, -0.25) is 0 Å². The van der Waals surface area contributed by atoms with Crippen molar-refractivity contribution in [3.63, 3.8) is 0 Å². The van der Waals surface area contributed by atoms with E-state index in [-0.39, 0.29) is 0 Å². The maximum atomic E-state index is 5.68. The Morgan fingerprint density at radius 2 is 2.06 bits per heavy atom. The number of aryl methyl sites for hydroxylation is 1. The topological polar surface area (TPSA) is 30.5 Å². The summed E-state index contributed by atoms with van der Waals surface area (Å²) >= 11 is 0. The molecule has 0 radical (unpaired) electrons. The zero-order valence-corrected chi connectivity index (χ0v) is 10.4. The highest BCUT2D eigenvalue weighted by atomic mass is 16.5. The SMILES string of the molecule is CCOCCOc1ccc(C)cc1CNC. The van der Waals surface area contributed by atoms with Crippen molar-refractivity contribution in [3.8, 4) is 5.75 Å². The van der Waals surface area contributed by atoms with Crippen molar-refractivity contribution in [2.75, 3.05) is 26.9 Å². The molecule has 1 N–H and O–H groups in total. The molecule has 1 aromatic carbocycles. The molecule has 0 saturated carbocycles. The first kappa shape index (κ1) is 13.0. The lowest BCUT2D eigenvalue weighted by atomic mass is 10.1. The van der Waals surface area contributed by atoms with Crippen LogP contribution in [0.15, 0.2) is 18.2 Å². The third kappa shape index (κ3) is 4.21. The maximum Gasteiger partial charge on any atom is 0.123 e. The van der Waals surface area contributed by atoms with Gasteiger partial charge in [-0.2, -0.15) is 0 Å². The van der Waals surface area contributed by atoms with Gasteiger partial charge in [0.15, 0.2) is 0 Å². The van der Waals surface area contributed by atoms with Crippen molar-refractivity contribution in [3.05, 3.63) is 29.3 Å². The smallest absolute Gasteiger partial charge is 0.123 e. The first-order valence-corrected chi connectivity index (χ1v) is 5.72. The molecule has 0 atom stereocenters. The average molecular weight is 223 g/mol. The maximum absolute atomic E-state index is 5.68. The van der Waals surface area contributed by atoms with Crippen LogP contribution in [0.1, 0.15) is 18.1 Å². The zero-order chi connectivity index (χ0) is 11.8. The molecule has 90 valence electrons. The summed E-state index contributed by atoms with van der Waals surface area (Å²) in [6.45, 7) is 6.88. The van der Waals surface area contributed by atoms with Crippen molar-refractivity contribution >= 4 is 0 Å². The highest BCUT2D eigenvalue weighted by molar-refractivity contribution is 5.36. The van der Waals surface area contributed by atoms with Gasteiger partial charge in [0.2, 0.25) is 0 Å². The largest absolute Gasteiger partial charge is 0.491 e. The summed E-state index contributed by atoms with van der Waals surface area (Å²) in [6.07, 6.45) is 0.